The van der Waals surface area contributed by atoms with E-state index in [1.165, 1.54) is 76.4 Å². The highest BCUT2D eigenvalue weighted by atomic mass is 15.1. The third-order valence-corrected chi connectivity index (χ3v) is 9.17. The molecule has 0 radical (unpaired) electrons. The second-order valence-corrected chi connectivity index (χ2v) is 11.7. The highest BCUT2D eigenvalue weighted by Crippen LogP contribution is 2.47. The summed E-state index contributed by atoms with van der Waals surface area (Å²) in [7, 11) is 0. The van der Waals surface area contributed by atoms with Gasteiger partial charge in [0.2, 0.25) is 0 Å². The van der Waals surface area contributed by atoms with Crippen LogP contribution in [-0.4, -0.2) is 0 Å². The van der Waals surface area contributed by atoms with Gasteiger partial charge in [-0.15, -0.1) is 0 Å². The number of nitrogens with zero attached hydrogens (tertiary/aromatic N) is 1. The second-order valence-electron chi connectivity index (χ2n) is 11.7. The third-order valence-electron chi connectivity index (χ3n) is 9.17. The Hall–Kier alpha value is -5.92. The monoisotopic (exact) mass is 571 g/mol. The summed E-state index contributed by atoms with van der Waals surface area (Å²) >= 11 is 0. The van der Waals surface area contributed by atoms with Crippen LogP contribution in [0.3, 0.4) is 0 Å². The van der Waals surface area contributed by atoms with Gasteiger partial charge in [0.05, 0.1) is 11.4 Å². The van der Waals surface area contributed by atoms with Crippen LogP contribution in [0.15, 0.2) is 176 Å². The number of fused-ring (bicyclic) bond motifs is 8. The zero-order valence-electron chi connectivity index (χ0n) is 24.7. The van der Waals surface area contributed by atoms with Crippen molar-refractivity contribution >= 4 is 70.9 Å². The summed E-state index contributed by atoms with van der Waals surface area (Å²) in [6.45, 7) is 0. The van der Waals surface area contributed by atoms with Gasteiger partial charge >= 0.3 is 0 Å². The molecule has 1 nitrogen and oxygen atoms in total. The van der Waals surface area contributed by atoms with Crippen molar-refractivity contribution in [1.29, 1.82) is 0 Å². The van der Waals surface area contributed by atoms with Crippen LogP contribution in [0.2, 0.25) is 0 Å². The Balaban J connectivity index is 1.44. The summed E-state index contributed by atoms with van der Waals surface area (Å²) in [6, 6.07) is 64.1. The molecule has 0 aliphatic rings. The van der Waals surface area contributed by atoms with E-state index in [4.69, 9.17) is 0 Å². The van der Waals surface area contributed by atoms with Crippen LogP contribution in [0.4, 0.5) is 17.1 Å². The minimum atomic E-state index is 1.13. The molecule has 0 saturated carbocycles. The lowest BCUT2D eigenvalue weighted by Crippen LogP contribution is -2.11. The van der Waals surface area contributed by atoms with Crippen molar-refractivity contribution in [3.63, 3.8) is 0 Å². The van der Waals surface area contributed by atoms with E-state index in [-0.39, 0.29) is 0 Å². The van der Waals surface area contributed by atoms with Crippen LogP contribution in [0.25, 0.3) is 65.0 Å². The summed E-state index contributed by atoms with van der Waals surface area (Å²) < 4.78 is 0. The molecule has 9 rings (SSSR count). The summed E-state index contributed by atoms with van der Waals surface area (Å²) in [5.41, 5.74) is 5.86. The molecule has 0 bridgehead atoms. The molecular weight excluding hydrogens is 542 g/mol. The maximum Gasteiger partial charge on any atom is 0.0546 e. The first-order valence-electron chi connectivity index (χ1n) is 15.5. The Kier molecular flexibility index (Phi) is 5.89. The van der Waals surface area contributed by atoms with Gasteiger partial charge in [-0.05, 0) is 78.5 Å². The predicted molar refractivity (Wildman–Crippen MR) is 194 cm³/mol. The van der Waals surface area contributed by atoms with E-state index in [9.17, 15) is 0 Å². The molecule has 0 fully saturated rings. The van der Waals surface area contributed by atoms with E-state index in [2.05, 4.69) is 181 Å². The summed E-state index contributed by atoms with van der Waals surface area (Å²) in [5.74, 6) is 0. The molecule has 0 saturated heterocycles. The quantitative estimate of drug-likeness (QED) is 0.190. The van der Waals surface area contributed by atoms with E-state index in [0.717, 1.165) is 5.69 Å². The van der Waals surface area contributed by atoms with E-state index in [1.54, 1.807) is 0 Å². The topological polar surface area (TPSA) is 3.24 Å². The Labute approximate surface area is 262 Å². The normalized spacial score (nSPS) is 11.6. The van der Waals surface area contributed by atoms with Crippen molar-refractivity contribution in [3.8, 4) is 11.1 Å². The Morgan fingerprint density at radius 3 is 1.58 bits per heavy atom. The number of hydrogen-bond acceptors (Lipinski definition) is 1. The van der Waals surface area contributed by atoms with E-state index in [0.29, 0.717) is 0 Å². The average Bonchev–Trinajstić information content (AvgIpc) is 3.12. The van der Waals surface area contributed by atoms with Crippen molar-refractivity contribution in [2.45, 2.75) is 0 Å². The first-order valence-corrected chi connectivity index (χ1v) is 15.5. The number of hydrogen-bond donors (Lipinski definition) is 0. The molecule has 0 unspecified atom stereocenters. The van der Waals surface area contributed by atoms with Gasteiger partial charge in [0.15, 0.2) is 0 Å². The van der Waals surface area contributed by atoms with Crippen molar-refractivity contribution in [3.05, 3.63) is 176 Å². The van der Waals surface area contributed by atoms with Crippen molar-refractivity contribution in [1.82, 2.24) is 0 Å². The molecule has 0 aliphatic heterocycles. The summed E-state index contributed by atoms with van der Waals surface area (Å²) in [4.78, 5) is 2.49. The summed E-state index contributed by atoms with van der Waals surface area (Å²) in [6.07, 6.45) is 0. The highest BCUT2D eigenvalue weighted by molar-refractivity contribution is 6.25. The lowest BCUT2D eigenvalue weighted by Gasteiger charge is -2.30. The maximum absolute atomic E-state index is 2.49. The summed E-state index contributed by atoms with van der Waals surface area (Å²) in [5, 5.41) is 12.5. The fraction of sp³-hybridized carbons (Fsp3) is 0. The molecule has 0 spiro atoms. The number of anilines is 3. The van der Waals surface area contributed by atoms with Crippen molar-refractivity contribution in [2.24, 2.45) is 0 Å². The Morgan fingerprint density at radius 1 is 0.289 bits per heavy atom. The molecule has 45 heavy (non-hydrogen) atoms. The molecule has 210 valence electrons. The van der Waals surface area contributed by atoms with Crippen LogP contribution in [-0.2, 0) is 0 Å². The van der Waals surface area contributed by atoms with Gasteiger partial charge in [-0.1, -0.05) is 152 Å². The maximum atomic E-state index is 2.49. The van der Waals surface area contributed by atoms with Gasteiger partial charge in [0.25, 0.3) is 0 Å². The molecule has 0 N–H and O–H groups in total. The Bertz CT molecular complexity index is 2530. The molecule has 0 amide bonds. The van der Waals surface area contributed by atoms with Gasteiger partial charge in [0.1, 0.15) is 0 Å². The minimum Gasteiger partial charge on any atom is -0.309 e. The largest absolute Gasteiger partial charge is 0.309 e. The first kappa shape index (κ1) is 25.6. The van der Waals surface area contributed by atoms with E-state index in [1.807, 2.05) is 0 Å². The molecule has 1 heteroatoms. The minimum absolute atomic E-state index is 1.13. The fourth-order valence-corrected chi connectivity index (χ4v) is 7.12. The molecule has 0 aliphatic carbocycles. The number of rotatable bonds is 4. The lowest BCUT2D eigenvalue weighted by atomic mass is 9.93. The zero-order valence-corrected chi connectivity index (χ0v) is 24.7. The molecular formula is C44H29N. The SMILES string of the molecule is c1ccc(-c2cccc(N(c3cc4ccccc4c4ccccc34)c3cc4ccccc4c4c3ccc3ccccc34)c2)cc1. The van der Waals surface area contributed by atoms with Gasteiger partial charge in [-0.25, -0.2) is 0 Å². The van der Waals surface area contributed by atoms with Gasteiger partial charge in [0, 0.05) is 16.5 Å². The van der Waals surface area contributed by atoms with Gasteiger partial charge < -0.3 is 4.90 Å². The molecule has 0 heterocycles. The van der Waals surface area contributed by atoms with Crippen LogP contribution >= 0.6 is 0 Å². The Morgan fingerprint density at radius 2 is 0.822 bits per heavy atom. The molecule has 9 aromatic carbocycles. The first-order chi connectivity index (χ1) is 22.3. The standard InChI is InChI=1S/C44H29N/c1-2-13-30(14-3-1)32-18-12-19-35(27-32)45(42-28-33-16-5-7-20-36(33)39-23-10-11-24-40(39)42)43-29-34-17-6-9-22-38(34)44-37-21-8-4-15-31(37)25-26-41(43)44/h1-29H. The van der Waals surface area contributed by atoms with E-state index < -0.39 is 0 Å². The number of benzene rings is 9. The van der Waals surface area contributed by atoms with Crippen LogP contribution < -0.4 is 4.90 Å². The van der Waals surface area contributed by atoms with E-state index >= 15 is 0 Å². The molecule has 9 aromatic rings. The average molecular weight is 572 g/mol. The van der Waals surface area contributed by atoms with Crippen LogP contribution in [0.5, 0.6) is 0 Å². The van der Waals surface area contributed by atoms with Crippen molar-refractivity contribution in [2.75, 3.05) is 4.90 Å². The highest BCUT2D eigenvalue weighted by Gasteiger charge is 2.21. The molecule has 0 aromatic heterocycles. The van der Waals surface area contributed by atoms with Crippen LogP contribution in [0.1, 0.15) is 0 Å². The van der Waals surface area contributed by atoms with Crippen LogP contribution in [0, 0.1) is 0 Å². The second kappa shape index (κ2) is 10.4. The molecule has 0 atom stereocenters. The smallest absolute Gasteiger partial charge is 0.0546 e. The van der Waals surface area contributed by atoms with Gasteiger partial charge in [-0.2, -0.15) is 0 Å². The zero-order chi connectivity index (χ0) is 29.7. The predicted octanol–water partition coefficient (Wildman–Crippen LogP) is 12.6. The third kappa shape index (κ3) is 4.17. The van der Waals surface area contributed by atoms with Crippen molar-refractivity contribution < 1.29 is 0 Å². The fourth-order valence-electron chi connectivity index (χ4n) is 7.12. The lowest BCUT2D eigenvalue weighted by molar-refractivity contribution is 1.32. The van der Waals surface area contributed by atoms with Gasteiger partial charge in [-0.3, -0.25) is 0 Å².